The van der Waals surface area contributed by atoms with Crippen molar-refractivity contribution in [2.24, 2.45) is 0 Å². The van der Waals surface area contributed by atoms with Gasteiger partial charge in [-0.25, -0.2) is 13.1 Å². The molecular formula is C13H19NO3S2. The van der Waals surface area contributed by atoms with Crippen molar-refractivity contribution in [3.05, 3.63) is 29.8 Å². The maximum absolute atomic E-state index is 12.1. The fraction of sp³-hybridized carbons (Fsp3) is 0.538. The Kier molecular flexibility index (Phi) is 5.27. The summed E-state index contributed by atoms with van der Waals surface area (Å²) < 4.78 is 26.9. The lowest BCUT2D eigenvalue weighted by Gasteiger charge is -2.21. The van der Waals surface area contributed by atoms with Gasteiger partial charge in [-0.2, -0.15) is 11.8 Å². The van der Waals surface area contributed by atoms with E-state index in [9.17, 15) is 8.42 Å². The molecule has 0 spiro atoms. The highest BCUT2D eigenvalue weighted by atomic mass is 32.2. The van der Waals surface area contributed by atoms with Crippen molar-refractivity contribution < 1.29 is 13.5 Å². The minimum Gasteiger partial charge on any atom is -0.392 e. The van der Waals surface area contributed by atoms with Crippen LogP contribution in [0.15, 0.2) is 29.2 Å². The molecule has 19 heavy (non-hydrogen) atoms. The van der Waals surface area contributed by atoms with Crippen LogP contribution in [0.25, 0.3) is 0 Å². The standard InChI is InChI=1S/C13H19NO3S2/c15-10-11-4-3-6-13(8-11)19(16,17)14-9-12-5-1-2-7-18-12/h3-4,6,8,12,14-15H,1-2,5,7,9-10H2. The topological polar surface area (TPSA) is 66.4 Å². The van der Waals surface area contributed by atoms with Crippen molar-refractivity contribution in [3.8, 4) is 0 Å². The van der Waals surface area contributed by atoms with Crippen LogP contribution in [-0.2, 0) is 16.6 Å². The smallest absolute Gasteiger partial charge is 0.240 e. The molecule has 1 unspecified atom stereocenters. The molecule has 4 nitrogen and oxygen atoms in total. The van der Waals surface area contributed by atoms with Gasteiger partial charge in [0.1, 0.15) is 0 Å². The fourth-order valence-electron chi connectivity index (χ4n) is 2.07. The first-order valence-electron chi connectivity index (χ1n) is 6.43. The van der Waals surface area contributed by atoms with E-state index >= 15 is 0 Å². The number of hydrogen-bond acceptors (Lipinski definition) is 4. The zero-order valence-electron chi connectivity index (χ0n) is 10.7. The predicted molar refractivity (Wildman–Crippen MR) is 77.7 cm³/mol. The normalized spacial score (nSPS) is 20.4. The van der Waals surface area contributed by atoms with E-state index in [1.165, 1.54) is 18.9 Å². The molecule has 1 saturated heterocycles. The largest absolute Gasteiger partial charge is 0.392 e. The van der Waals surface area contributed by atoms with Crippen LogP contribution >= 0.6 is 11.8 Å². The monoisotopic (exact) mass is 301 g/mol. The third-order valence-electron chi connectivity index (χ3n) is 3.17. The summed E-state index contributed by atoms with van der Waals surface area (Å²) in [7, 11) is -3.47. The van der Waals surface area contributed by atoms with E-state index in [1.54, 1.807) is 18.2 Å². The van der Waals surface area contributed by atoms with Crippen LogP contribution in [0.5, 0.6) is 0 Å². The number of benzene rings is 1. The van der Waals surface area contributed by atoms with Crippen molar-refractivity contribution in [1.29, 1.82) is 0 Å². The highest BCUT2D eigenvalue weighted by Gasteiger charge is 2.19. The molecule has 1 heterocycles. The summed E-state index contributed by atoms with van der Waals surface area (Å²) >= 11 is 1.84. The molecule has 0 aromatic heterocycles. The maximum atomic E-state index is 12.1. The maximum Gasteiger partial charge on any atom is 0.240 e. The molecule has 1 aliphatic heterocycles. The first kappa shape index (κ1) is 14.8. The van der Waals surface area contributed by atoms with Gasteiger partial charge in [-0.3, -0.25) is 0 Å². The van der Waals surface area contributed by atoms with E-state index in [2.05, 4.69) is 4.72 Å². The Labute approximate surface area is 118 Å². The van der Waals surface area contributed by atoms with Crippen molar-refractivity contribution in [1.82, 2.24) is 4.72 Å². The molecule has 0 aliphatic carbocycles. The van der Waals surface area contributed by atoms with E-state index in [1.807, 2.05) is 11.8 Å². The highest BCUT2D eigenvalue weighted by molar-refractivity contribution is 8.00. The molecular weight excluding hydrogens is 282 g/mol. The van der Waals surface area contributed by atoms with Gasteiger partial charge in [-0.05, 0) is 36.3 Å². The lowest BCUT2D eigenvalue weighted by molar-refractivity contribution is 0.281. The SMILES string of the molecule is O=S(=O)(NCC1CCCCS1)c1cccc(CO)c1. The average Bonchev–Trinajstić information content (AvgIpc) is 2.46. The second kappa shape index (κ2) is 6.74. The summed E-state index contributed by atoms with van der Waals surface area (Å²) in [5, 5.41) is 9.42. The molecule has 1 aliphatic rings. The molecule has 0 amide bonds. The minimum absolute atomic E-state index is 0.151. The van der Waals surface area contributed by atoms with E-state index < -0.39 is 10.0 Å². The molecule has 1 aromatic carbocycles. The van der Waals surface area contributed by atoms with Crippen LogP contribution in [0.2, 0.25) is 0 Å². The molecule has 0 saturated carbocycles. The van der Waals surface area contributed by atoms with Gasteiger partial charge in [0, 0.05) is 11.8 Å². The molecule has 2 rings (SSSR count). The number of nitrogens with one attached hydrogen (secondary N) is 1. The molecule has 2 N–H and O–H groups in total. The van der Waals surface area contributed by atoms with Gasteiger partial charge in [0.25, 0.3) is 0 Å². The van der Waals surface area contributed by atoms with Crippen LogP contribution in [-0.4, -0.2) is 31.1 Å². The number of thioether (sulfide) groups is 1. The first-order valence-corrected chi connectivity index (χ1v) is 8.96. The molecule has 6 heteroatoms. The van der Waals surface area contributed by atoms with Gasteiger partial charge >= 0.3 is 0 Å². The number of aliphatic hydroxyl groups excluding tert-OH is 1. The Morgan fingerprint density at radius 1 is 1.37 bits per heavy atom. The highest BCUT2D eigenvalue weighted by Crippen LogP contribution is 2.24. The predicted octanol–water partition coefficient (Wildman–Crippen LogP) is 1.74. The van der Waals surface area contributed by atoms with E-state index in [0.717, 1.165) is 12.2 Å². The quantitative estimate of drug-likeness (QED) is 0.869. The Morgan fingerprint density at radius 3 is 2.89 bits per heavy atom. The van der Waals surface area contributed by atoms with Gasteiger partial charge in [-0.15, -0.1) is 0 Å². The summed E-state index contributed by atoms with van der Waals surface area (Å²) in [5.41, 5.74) is 0.606. The summed E-state index contributed by atoms with van der Waals surface area (Å²) in [6.45, 7) is 0.332. The molecule has 1 atom stereocenters. The third-order valence-corrected chi connectivity index (χ3v) is 5.99. The minimum atomic E-state index is -3.47. The zero-order chi connectivity index (χ0) is 13.7. The van der Waals surface area contributed by atoms with Crippen molar-refractivity contribution in [2.75, 3.05) is 12.3 Å². The molecule has 0 bridgehead atoms. The van der Waals surface area contributed by atoms with Crippen molar-refractivity contribution in [2.45, 2.75) is 36.0 Å². The summed E-state index contributed by atoms with van der Waals surface area (Å²) in [5.74, 6) is 1.12. The van der Waals surface area contributed by atoms with E-state index in [-0.39, 0.29) is 11.5 Å². The fourth-order valence-corrected chi connectivity index (χ4v) is 4.56. The Morgan fingerprint density at radius 2 is 2.21 bits per heavy atom. The van der Waals surface area contributed by atoms with Gasteiger partial charge in [0.05, 0.1) is 11.5 Å². The van der Waals surface area contributed by atoms with Crippen LogP contribution < -0.4 is 4.72 Å². The number of sulfonamides is 1. The third kappa shape index (κ3) is 4.21. The van der Waals surface area contributed by atoms with Crippen molar-refractivity contribution >= 4 is 21.8 Å². The lowest BCUT2D eigenvalue weighted by atomic mass is 10.2. The van der Waals surface area contributed by atoms with Gasteiger partial charge in [-0.1, -0.05) is 18.6 Å². The first-order chi connectivity index (χ1) is 9.12. The molecule has 1 fully saturated rings. The van der Waals surface area contributed by atoms with E-state index in [4.69, 9.17) is 5.11 Å². The molecule has 1 aromatic rings. The Bertz CT molecular complexity index is 510. The Hall–Kier alpha value is -0.560. The van der Waals surface area contributed by atoms with Crippen LogP contribution in [0.3, 0.4) is 0 Å². The average molecular weight is 301 g/mol. The second-order valence-corrected chi connectivity index (χ2v) is 7.82. The Balaban J connectivity index is 2.00. The summed E-state index contributed by atoms with van der Waals surface area (Å²) in [6.07, 6.45) is 3.48. The second-order valence-electron chi connectivity index (χ2n) is 4.65. The van der Waals surface area contributed by atoms with Crippen molar-refractivity contribution in [3.63, 3.8) is 0 Å². The summed E-state index contributed by atoms with van der Waals surface area (Å²) in [4.78, 5) is 0.222. The summed E-state index contributed by atoms with van der Waals surface area (Å²) in [6, 6.07) is 6.41. The van der Waals surface area contributed by atoms with Gasteiger partial charge in [0.2, 0.25) is 10.0 Å². The number of hydrogen-bond donors (Lipinski definition) is 2. The van der Waals surface area contributed by atoms with Crippen LogP contribution in [0.1, 0.15) is 24.8 Å². The van der Waals surface area contributed by atoms with Crippen LogP contribution in [0.4, 0.5) is 0 Å². The number of rotatable bonds is 5. The zero-order valence-corrected chi connectivity index (χ0v) is 12.3. The van der Waals surface area contributed by atoms with Gasteiger partial charge < -0.3 is 5.11 Å². The lowest BCUT2D eigenvalue weighted by Crippen LogP contribution is -2.32. The van der Waals surface area contributed by atoms with E-state index in [0.29, 0.717) is 17.4 Å². The van der Waals surface area contributed by atoms with Gasteiger partial charge in [0.15, 0.2) is 0 Å². The molecule has 106 valence electrons. The van der Waals surface area contributed by atoms with Crippen LogP contribution in [0, 0.1) is 0 Å². The number of aliphatic hydroxyl groups is 1. The molecule has 0 radical (unpaired) electrons.